The molecule has 19 heavy (non-hydrogen) atoms. The molecular formula is C14H19ClN2O2. The van der Waals surface area contributed by atoms with E-state index in [9.17, 15) is 9.90 Å². The van der Waals surface area contributed by atoms with E-state index < -0.39 is 5.54 Å². The second kappa shape index (κ2) is 5.88. The minimum Gasteiger partial charge on any atom is -0.394 e. The lowest BCUT2D eigenvalue weighted by Crippen LogP contribution is -2.53. The Kier molecular flexibility index (Phi) is 4.42. The van der Waals surface area contributed by atoms with Gasteiger partial charge in [0.25, 0.3) is 5.91 Å². The van der Waals surface area contributed by atoms with Crippen LogP contribution >= 0.6 is 11.6 Å². The molecule has 0 aliphatic heterocycles. The van der Waals surface area contributed by atoms with Crippen molar-refractivity contribution in [3.05, 3.63) is 29.0 Å². The topological polar surface area (TPSA) is 62.2 Å². The minimum absolute atomic E-state index is 0.0407. The second-order valence-electron chi connectivity index (χ2n) is 5.44. The SMILES string of the molecule is CC1CCCC(CO)(NC(=O)c2cccnc2Cl)C1. The van der Waals surface area contributed by atoms with Crippen molar-refractivity contribution in [3.63, 3.8) is 0 Å². The molecule has 1 aromatic heterocycles. The molecule has 0 bridgehead atoms. The number of nitrogens with one attached hydrogen (secondary N) is 1. The quantitative estimate of drug-likeness (QED) is 0.837. The largest absolute Gasteiger partial charge is 0.394 e. The summed E-state index contributed by atoms with van der Waals surface area (Å²) in [7, 11) is 0. The van der Waals surface area contributed by atoms with Crippen molar-refractivity contribution in [2.24, 2.45) is 5.92 Å². The average molecular weight is 283 g/mol. The van der Waals surface area contributed by atoms with E-state index in [2.05, 4.69) is 17.2 Å². The lowest BCUT2D eigenvalue weighted by molar-refractivity contribution is 0.0697. The average Bonchev–Trinajstić information content (AvgIpc) is 2.39. The standard InChI is InChI=1S/C14H19ClN2O2/c1-10-4-2-6-14(8-10,9-18)17-13(19)11-5-3-7-16-12(11)15/h3,5,7,10,18H,2,4,6,8-9H2,1H3,(H,17,19). The van der Waals surface area contributed by atoms with Crippen molar-refractivity contribution in [2.75, 3.05) is 6.61 Å². The number of nitrogens with zero attached hydrogens (tertiary/aromatic N) is 1. The Labute approximate surface area is 118 Å². The molecule has 1 saturated carbocycles. The first kappa shape index (κ1) is 14.3. The van der Waals surface area contributed by atoms with Crippen molar-refractivity contribution in [1.82, 2.24) is 10.3 Å². The van der Waals surface area contributed by atoms with Crippen LogP contribution in [0.15, 0.2) is 18.3 Å². The summed E-state index contributed by atoms with van der Waals surface area (Å²) in [4.78, 5) is 16.2. The van der Waals surface area contributed by atoms with Crippen LogP contribution in [-0.2, 0) is 0 Å². The monoisotopic (exact) mass is 282 g/mol. The van der Waals surface area contributed by atoms with E-state index >= 15 is 0 Å². The van der Waals surface area contributed by atoms with Gasteiger partial charge in [-0.15, -0.1) is 0 Å². The molecule has 4 nitrogen and oxygen atoms in total. The molecule has 0 spiro atoms. The molecule has 0 radical (unpaired) electrons. The fourth-order valence-electron chi connectivity index (χ4n) is 2.82. The van der Waals surface area contributed by atoms with Crippen molar-refractivity contribution < 1.29 is 9.90 Å². The highest BCUT2D eigenvalue weighted by atomic mass is 35.5. The highest BCUT2D eigenvalue weighted by Gasteiger charge is 2.36. The maximum atomic E-state index is 12.3. The number of aromatic nitrogens is 1. The third kappa shape index (κ3) is 3.25. The van der Waals surface area contributed by atoms with Crippen molar-refractivity contribution in [1.29, 1.82) is 0 Å². The summed E-state index contributed by atoms with van der Waals surface area (Å²) in [5.41, 5.74) is -0.163. The second-order valence-corrected chi connectivity index (χ2v) is 5.79. The van der Waals surface area contributed by atoms with E-state index in [1.165, 1.54) is 0 Å². The van der Waals surface area contributed by atoms with Gasteiger partial charge in [0.15, 0.2) is 0 Å². The zero-order chi connectivity index (χ0) is 13.9. The van der Waals surface area contributed by atoms with Gasteiger partial charge < -0.3 is 10.4 Å². The molecule has 0 aromatic carbocycles. The smallest absolute Gasteiger partial charge is 0.254 e. The molecule has 2 atom stereocenters. The molecule has 2 rings (SSSR count). The van der Waals surface area contributed by atoms with Crippen LogP contribution in [0.25, 0.3) is 0 Å². The predicted octanol–water partition coefficient (Wildman–Crippen LogP) is 2.41. The predicted molar refractivity (Wildman–Crippen MR) is 74.2 cm³/mol. The van der Waals surface area contributed by atoms with Gasteiger partial charge in [-0.25, -0.2) is 4.98 Å². The molecular weight excluding hydrogens is 264 g/mol. The van der Waals surface area contributed by atoms with Crippen LogP contribution < -0.4 is 5.32 Å². The summed E-state index contributed by atoms with van der Waals surface area (Å²) < 4.78 is 0. The number of rotatable bonds is 3. The molecule has 1 aliphatic carbocycles. The maximum Gasteiger partial charge on any atom is 0.254 e. The van der Waals surface area contributed by atoms with Crippen LogP contribution in [0.5, 0.6) is 0 Å². The summed E-state index contributed by atoms with van der Waals surface area (Å²) in [6.45, 7) is 2.10. The number of hydrogen-bond donors (Lipinski definition) is 2. The van der Waals surface area contributed by atoms with E-state index in [4.69, 9.17) is 11.6 Å². The number of amides is 1. The molecule has 0 saturated heterocycles. The Balaban J connectivity index is 2.14. The Bertz CT molecular complexity index is 467. The highest BCUT2D eigenvalue weighted by Crippen LogP contribution is 2.32. The van der Waals surface area contributed by atoms with E-state index in [0.29, 0.717) is 11.5 Å². The Morgan fingerprint density at radius 1 is 1.68 bits per heavy atom. The van der Waals surface area contributed by atoms with Gasteiger partial charge in [0.05, 0.1) is 17.7 Å². The van der Waals surface area contributed by atoms with Gasteiger partial charge in [-0.05, 0) is 30.9 Å². The van der Waals surface area contributed by atoms with E-state index in [1.807, 2.05) is 0 Å². The summed E-state index contributed by atoms with van der Waals surface area (Å²) in [5.74, 6) is 0.242. The number of aliphatic hydroxyl groups is 1. The van der Waals surface area contributed by atoms with Crippen LogP contribution in [0.1, 0.15) is 43.0 Å². The minimum atomic E-state index is -0.520. The van der Waals surface area contributed by atoms with Crippen LogP contribution in [0, 0.1) is 5.92 Å². The normalized spacial score (nSPS) is 27.0. The summed E-state index contributed by atoms with van der Waals surface area (Å²) >= 11 is 5.92. The Hall–Kier alpha value is -1.13. The molecule has 1 amide bonds. The fourth-order valence-corrected chi connectivity index (χ4v) is 3.03. The zero-order valence-electron chi connectivity index (χ0n) is 11.0. The van der Waals surface area contributed by atoms with E-state index in [0.717, 1.165) is 25.7 Å². The molecule has 1 heterocycles. The molecule has 2 unspecified atom stereocenters. The third-order valence-electron chi connectivity index (χ3n) is 3.78. The Morgan fingerprint density at radius 3 is 3.11 bits per heavy atom. The van der Waals surface area contributed by atoms with Gasteiger partial charge in [-0.1, -0.05) is 31.4 Å². The first-order valence-electron chi connectivity index (χ1n) is 6.60. The first-order valence-corrected chi connectivity index (χ1v) is 6.98. The number of carbonyl (C=O) groups excluding carboxylic acids is 1. The van der Waals surface area contributed by atoms with Crippen molar-refractivity contribution in [2.45, 2.75) is 38.1 Å². The molecule has 1 fully saturated rings. The number of aliphatic hydroxyl groups excluding tert-OH is 1. The molecule has 104 valence electrons. The van der Waals surface area contributed by atoms with Crippen molar-refractivity contribution in [3.8, 4) is 0 Å². The number of halogens is 1. The lowest BCUT2D eigenvalue weighted by atomic mass is 9.76. The maximum absolute atomic E-state index is 12.3. The summed E-state index contributed by atoms with van der Waals surface area (Å²) in [6, 6.07) is 3.32. The fraction of sp³-hybridized carbons (Fsp3) is 0.571. The zero-order valence-corrected chi connectivity index (χ0v) is 11.8. The lowest BCUT2D eigenvalue weighted by Gasteiger charge is -2.39. The van der Waals surface area contributed by atoms with Gasteiger partial charge >= 0.3 is 0 Å². The van der Waals surface area contributed by atoms with Gasteiger partial charge in [-0.3, -0.25) is 4.79 Å². The van der Waals surface area contributed by atoms with Crippen LogP contribution in [0.3, 0.4) is 0 Å². The summed E-state index contributed by atoms with van der Waals surface area (Å²) in [6.07, 6.45) is 5.31. The molecule has 1 aromatic rings. The first-order chi connectivity index (χ1) is 9.06. The number of carbonyl (C=O) groups is 1. The van der Waals surface area contributed by atoms with Crippen LogP contribution in [0.4, 0.5) is 0 Å². The van der Waals surface area contributed by atoms with Gasteiger partial charge in [0.1, 0.15) is 5.15 Å². The Morgan fingerprint density at radius 2 is 2.47 bits per heavy atom. The molecule has 1 aliphatic rings. The summed E-state index contributed by atoms with van der Waals surface area (Å²) in [5, 5.41) is 12.8. The number of pyridine rings is 1. The van der Waals surface area contributed by atoms with Gasteiger partial charge in [0.2, 0.25) is 0 Å². The molecule has 2 N–H and O–H groups in total. The van der Waals surface area contributed by atoms with Gasteiger partial charge in [-0.2, -0.15) is 0 Å². The third-order valence-corrected chi connectivity index (χ3v) is 4.08. The van der Waals surface area contributed by atoms with E-state index in [-0.39, 0.29) is 17.7 Å². The molecule has 5 heteroatoms. The van der Waals surface area contributed by atoms with Crippen molar-refractivity contribution >= 4 is 17.5 Å². The van der Waals surface area contributed by atoms with Crippen LogP contribution in [-0.4, -0.2) is 28.1 Å². The number of hydrogen-bond acceptors (Lipinski definition) is 3. The van der Waals surface area contributed by atoms with E-state index in [1.54, 1.807) is 18.3 Å². The van der Waals surface area contributed by atoms with Crippen LogP contribution in [0.2, 0.25) is 5.15 Å². The highest BCUT2D eigenvalue weighted by molar-refractivity contribution is 6.32. The van der Waals surface area contributed by atoms with Gasteiger partial charge in [0, 0.05) is 6.20 Å².